The second-order valence-electron chi connectivity index (χ2n) is 6.50. The van der Waals surface area contributed by atoms with Gasteiger partial charge in [-0.2, -0.15) is 0 Å². The van der Waals surface area contributed by atoms with E-state index in [4.69, 9.17) is 11.6 Å². The largest absolute Gasteiger partial charge is 0.353 e. The van der Waals surface area contributed by atoms with E-state index in [0.29, 0.717) is 0 Å². The fraction of sp³-hybridized carbons (Fsp3) is 0.0909. The quantitative estimate of drug-likeness (QED) is 0.368. The lowest BCUT2D eigenvalue weighted by molar-refractivity contribution is 1.02. The van der Waals surface area contributed by atoms with Crippen LogP contribution in [0.15, 0.2) is 65.1 Å². The van der Waals surface area contributed by atoms with Crippen molar-refractivity contribution in [3.63, 3.8) is 0 Å². The van der Waals surface area contributed by atoms with E-state index in [1.165, 1.54) is 27.3 Å². The van der Waals surface area contributed by atoms with Gasteiger partial charge in [0.05, 0.1) is 10.7 Å². The highest BCUT2D eigenvalue weighted by atomic mass is 79.9. The van der Waals surface area contributed by atoms with E-state index in [1.54, 1.807) is 0 Å². The summed E-state index contributed by atoms with van der Waals surface area (Å²) in [5.41, 5.74) is 4.92. The van der Waals surface area contributed by atoms with Gasteiger partial charge in [-0.05, 0) is 52.9 Å². The average molecular weight is 409 g/mol. The number of nitrogens with one attached hydrogen (secondary N) is 1. The third-order valence-corrected chi connectivity index (χ3v) is 6.06. The molecular weight excluding hydrogens is 394 g/mol. The van der Waals surface area contributed by atoms with E-state index in [2.05, 4.69) is 69.8 Å². The smallest absolute Gasteiger partial charge is 0.0653 e. The van der Waals surface area contributed by atoms with Gasteiger partial charge in [-0.15, -0.1) is 0 Å². The Morgan fingerprint density at radius 2 is 1.56 bits per heavy atom. The predicted molar refractivity (Wildman–Crippen MR) is 111 cm³/mol. The molecule has 4 aromatic rings. The first-order chi connectivity index (χ1) is 12.2. The van der Waals surface area contributed by atoms with Gasteiger partial charge < -0.3 is 5.32 Å². The Kier molecular flexibility index (Phi) is 3.51. The fourth-order valence-corrected chi connectivity index (χ4v) is 4.65. The van der Waals surface area contributed by atoms with Gasteiger partial charge in [0, 0.05) is 20.9 Å². The first-order valence-electron chi connectivity index (χ1n) is 8.39. The van der Waals surface area contributed by atoms with Crippen LogP contribution in [0.2, 0.25) is 5.02 Å². The van der Waals surface area contributed by atoms with Gasteiger partial charge in [0.15, 0.2) is 0 Å². The average Bonchev–Trinajstić information content (AvgIpc) is 3.05. The summed E-state index contributed by atoms with van der Waals surface area (Å²) < 4.78 is 1.12. The van der Waals surface area contributed by atoms with Crippen LogP contribution in [0, 0.1) is 0 Å². The molecule has 3 heteroatoms. The molecule has 122 valence electrons. The molecule has 5 rings (SSSR count). The van der Waals surface area contributed by atoms with Gasteiger partial charge >= 0.3 is 0 Å². The molecule has 0 saturated heterocycles. The molecule has 0 saturated carbocycles. The number of halogens is 2. The van der Waals surface area contributed by atoms with Gasteiger partial charge in [-0.1, -0.05) is 70.0 Å². The van der Waals surface area contributed by atoms with Gasteiger partial charge in [0.2, 0.25) is 0 Å². The molecule has 0 heterocycles. The number of aryl methyl sites for hydroxylation is 2. The van der Waals surface area contributed by atoms with E-state index in [9.17, 15) is 0 Å². The molecule has 1 N–H and O–H groups in total. The van der Waals surface area contributed by atoms with Crippen LogP contribution in [0.1, 0.15) is 11.1 Å². The second-order valence-corrected chi connectivity index (χ2v) is 7.76. The minimum Gasteiger partial charge on any atom is -0.353 e. The second kappa shape index (κ2) is 5.76. The Morgan fingerprint density at radius 3 is 2.40 bits per heavy atom. The number of hydrogen-bond donors (Lipinski definition) is 1. The lowest BCUT2D eigenvalue weighted by Crippen LogP contribution is -1.95. The molecule has 0 radical (unpaired) electrons. The maximum atomic E-state index is 6.54. The number of anilines is 2. The van der Waals surface area contributed by atoms with Crippen LogP contribution in [0.3, 0.4) is 0 Å². The van der Waals surface area contributed by atoms with Gasteiger partial charge in [0.1, 0.15) is 0 Å². The Labute approximate surface area is 159 Å². The monoisotopic (exact) mass is 407 g/mol. The van der Waals surface area contributed by atoms with Gasteiger partial charge in [-0.25, -0.2) is 0 Å². The molecule has 0 aromatic heterocycles. The van der Waals surface area contributed by atoms with Gasteiger partial charge in [0.25, 0.3) is 0 Å². The number of hydrogen-bond acceptors (Lipinski definition) is 1. The maximum absolute atomic E-state index is 6.54. The van der Waals surface area contributed by atoms with Crippen LogP contribution in [-0.2, 0) is 12.8 Å². The lowest BCUT2D eigenvalue weighted by Gasteiger charge is -2.16. The van der Waals surface area contributed by atoms with Gasteiger partial charge in [-0.3, -0.25) is 0 Å². The molecule has 0 spiro atoms. The van der Waals surface area contributed by atoms with Crippen LogP contribution in [0.5, 0.6) is 0 Å². The molecule has 0 amide bonds. The Hall–Kier alpha value is -2.03. The third kappa shape index (κ3) is 2.36. The summed E-state index contributed by atoms with van der Waals surface area (Å²) in [6.07, 6.45) is 2.25. The van der Waals surface area contributed by atoms with Crippen molar-refractivity contribution >= 4 is 60.5 Å². The van der Waals surface area contributed by atoms with Crippen LogP contribution in [0.4, 0.5) is 11.4 Å². The van der Waals surface area contributed by atoms with Crippen molar-refractivity contribution in [3.05, 3.63) is 81.3 Å². The van der Waals surface area contributed by atoms with E-state index in [0.717, 1.165) is 39.1 Å². The lowest BCUT2D eigenvalue weighted by atomic mass is 10.0. The highest BCUT2D eigenvalue weighted by Crippen LogP contribution is 2.42. The van der Waals surface area contributed by atoms with Crippen molar-refractivity contribution in [2.45, 2.75) is 12.8 Å². The zero-order valence-electron chi connectivity index (χ0n) is 13.4. The Balaban J connectivity index is 1.76. The molecule has 1 aliphatic carbocycles. The van der Waals surface area contributed by atoms with E-state index in [1.807, 2.05) is 12.1 Å². The molecule has 0 bridgehead atoms. The summed E-state index contributed by atoms with van der Waals surface area (Å²) >= 11 is 10.3. The van der Waals surface area contributed by atoms with Crippen molar-refractivity contribution in [2.24, 2.45) is 0 Å². The molecule has 0 fully saturated rings. The maximum Gasteiger partial charge on any atom is 0.0653 e. The SMILES string of the molecule is Clc1ccc2ccccc2c1Nc1ccc2c3c(ccc(Br)c13)CC2. The Bertz CT molecular complexity index is 1140. The fourth-order valence-electron chi connectivity index (χ4n) is 3.90. The van der Waals surface area contributed by atoms with Crippen molar-refractivity contribution in [3.8, 4) is 0 Å². The molecule has 1 aliphatic rings. The zero-order chi connectivity index (χ0) is 17.0. The van der Waals surface area contributed by atoms with E-state index < -0.39 is 0 Å². The molecule has 1 nitrogen and oxygen atoms in total. The third-order valence-electron chi connectivity index (χ3n) is 5.08. The molecule has 0 aliphatic heterocycles. The summed E-state index contributed by atoms with van der Waals surface area (Å²) in [4.78, 5) is 0. The molecule has 0 atom stereocenters. The van der Waals surface area contributed by atoms with Crippen molar-refractivity contribution < 1.29 is 0 Å². The summed E-state index contributed by atoms with van der Waals surface area (Å²) in [5, 5.41) is 9.30. The summed E-state index contributed by atoms with van der Waals surface area (Å²) in [5.74, 6) is 0. The van der Waals surface area contributed by atoms with E-state index >= 15 is 0 Å². The van der Waals surface area contributed by atoms with Crippen molar-refractivity contribution in [2.75, 3.05) is 5.32 Å². The molecule has 25 heavy (non-hydrogen) atoms. The van der Waals surface area contributed by atoms with Crippen molar-refractivity contribution in [1.29, 1.82) is 0 Å². The summed E-state index contributed by atoms with van der Waals surface area (Å²) in [7, 11) is 0. The summed E-state index contributed by atoms with van der Waals surface area (Å²) in [6.45, 7) is 0. The van der Waals surface area contributed by atoms with E-state index in [-0.39, 0.29) is 0 Å². The highest BCUT2D eigenvalue weighted by Gasteiger charge is 2.19. The van der Waals surface area contributed by atoms with Crippen LogP contribution in [-0.4, -0.2) is 0 Å². The first kappa shape index (κ1) is 15.2. The van der Waals surface area contributed by atoms with Crippen LogP contribution in [0.25, 0.3) is 21.5 Å². The summed E-state index contributed by atoms with van der Waals surface area (Å²) in [6, 6.07) is 21.2. The minimum atomic E-state index is 0.734. The molecule has 4 aromatic carbocycles. The van der Waals surface area contributed by atoms with Crippen molar-refractivity contribution in [1.82, 2.24) is 0 Å². The Morgan fingerprint density at radius 1 is 0.800 bits per heavy atom. The minimum absolute atomic E-state index is 0.734. The number of rotatable bonds is 2. The normalized spacial score (nSPS) is 12.9. The zero-order valence-corrected chi connectivity index (χ0v) is 15.8. The topological polar surface area (TPSA) is 12.0 Å². The molecule has 0 unspecified atom stereocenters. The number of fused-ring (bicyclic) bond motifs is 1. The van der Waals surface area contributed by atoms with Crippen LogP contribution >= 0.6 is 27.5 Å². The van der Waals surface area contributed by atoms with Crippen LogP contribution < -0.4 is 5.32 Å². The standard InChI is InChI=1S/C22H15BrClN/c23-17-10-7-14-5-6-15-9-12-19(21(17)20(14)15)25-22-16-4-2-1-3-13(16)8-11-18(22)24/h1-4,7-12,25H,5-6H2. The number of benzene rings is 4. The molecular formula is C22H15BrClN. The first-order valence-corrected chi connectivity index (χ1v) is 9.57. The predicted octanol–water partition coefficient (Wildman–Crippen LogP) is 7.25. The highest BCUT2D eigenvalue weighted by molar-refractivity contribution is 9.10.